The van der Waals surface area contributed by atoms with Crippen molar-refractivity contribution in [2.24, 2.45) is 0 Å². The molecule has 1 aliphatic rings. The summed E-state index contributed by atoms with van der Waals surface area (Å²) >= 11 is 0. The largest absolute Gasteiger partial charge is 0.376 e. The van der Waals surface area contributed by atoms with Gasteiger partial charge < -0.3 is 4.74 Å². The van der Waals surface area contributed by atoms with Gasteiger partial charge in [-0.2, -0.15) is 0 Å². The van der Waals surface area contributed by atoms with Crippen molar-refractivity contribution >= 4 is 0 Å². The van der Waals surface area contributed by atoms with Crippen LogP contribution in [0.4, 0.5) is 0 Å². The summed E-state index contributed by atoms with van der Waals surface area (Å²) in [5, 5.41) is 12.6. The lowest BCUT2D eigenvalue weighted by molar-refractivity contribution is -0.586. The first-order valence-electron chi connectivity index (χ1n) is 2.79. The first-order chi connectivity index (χ1) is 4.30. The first-order valence-corrected chi connectivity index (χ1v) is 2.79. The fraction of sp³-hybridized carbons (Fsp3) is 1.00. The summed E-state index contributed by atoms with van der Waals surface area (Å²) in [6.07, 6.45) is -0.122. The van der Waals surface area contributed by atoms with Gasteiger partial charge in [0, 0.05) is 6.54 Å². The molecule has 0 bridgehead atoms. The van der Waals surface area contributed by atoms with Gasteiger partial charge in [-0.3, -0.25) is 10.1 Å². The van der Waals surface area contributed by atoms with E-state index in [1.54, 1.807) is 0 Å². The standard InChI is InChI=1S/C4H8N2O3/c7-6(8)4-5-2-1-3-9-4/h4-5H,1-3H2. The van der Waals surface area contributed by atoms with Crippen molar-refractivity contribution in [3.63, 3.8) is 0 Å². The number of rotatable bonds is 1. The second-order valence-corrected chi connectivity index (χ2v) is 1.82. The maximum Gasteiger partial charge on any atom is 0.376 e. The highest BCUT2D eigenvalue weighted by Gasteiger charge is 2.21. The monoisotopic (exact) mass is 132 g/mol. The summed E-state index contributed by atoms with van der Waals surface area (Å²) in [5.74, 6) is 0. The summed E-state index contributed by atoms with van der Waals surface area (Å²) in [6.45, 7) is 1.16. The van der Waals surface area contributed by atoms with Gasteiger partial charge >= 0.3 is 6.35 Å². The van der Waals surface area contributed by atoms with Crippen molar-refractivity contribution in [1.82, 2.24) is 5.32 Å². The van der Waals surface area contributed by atoms with Gasteiger partial charge in [0.2, 0.25) is 0 Å². The van der Waals surface area contributed by atoms with Gasteiger partial charge in [-0.1, -0.05) is 0 Å². The van der Waals surface area contributed by atoms with E-state index in [2.05, 4.69) is 5.32 Å². The molecule has 1 saturated heterocycles. The molecule has 52 valence electrons. The van der Waals surface area contributed by atoms with Crippen LogP contribution in [0, 0.1) is 10.1 Å². The van der Waals surface area contributed by atoms with Crippen molar-refractivity contribution in [3.05, 3.63) is 10.1 Å². The van der Waals surface area contributed by atoms with Crippen LogP contribution in [-0.4, -0.2) is 24.4 Å². The summed E-state index contributed by atoms with van der Waals surface area (Å²) in [6, 6.07) is 0. The van der Waals surface area contributed by atoms with Crippen molar-refractivity contribution in [3.8, 4) is 0 Å². The third-order valence-electron chi connectivity index (χ3n) is 1.11. The summed E-state index contributed by atoms with van der Waals surface area (Å²) < 4.78 is 4.73. The van der Waals surface area contributed by atoms with Crippen molar-refractivity contribution in [2.45, 2.75) is 12.8 Å². The molecule has 1 atom stereocenters. The molecule has 1 N–H and O–H groups in total. The third-order valence-corrected chi connectivity index (χ3v) is 1.11. The predicted octanol–water partition coefficient (Wildman–Crippen LogP) is -0.443. The highest BCUT2D eigenvalue weighted by Crippen LogP contribution is 1.96. The Morgan fingerprint density at radius 2 is 2.56 bits per heavy atom. The molecule has 0 aliphatic carbocycles. The number of nitro groups is 1. The maximum absolute atomic E-state index is 9.97. The molecular formula is C4H8N2O3. The van der Waals surface area contributed by atoms with Gasteiger partial charge in [-0.25, -0.2) is 5.32 Å². The Bertz CT molecular complexity index is 110. The van der Waals surface area contributed by atoms with Crippen molar-refractivity contribution in [1.29, 1.82) is 0 Å². The lowest BCUT2D eigenvalue weighted by Crippen LogP contribution is -2.43. The Hall–Kier alpha value is -0.680. The van der Waals surface area contributed by atoms with Crippen molar-refractivity contribution < 1.29 is 9.66 Å². The Morgan fingerprint density at radius 3 is 2.89 bits per heavy atom. The molecular weight excluding hydrogens is 124 g/mol. The summed E-state index contributed by atoms with van der Waals surface area (Å²) in [5.41, 5.74) is 0. The molecule has 0 amide bonds. The lowest BCUT2D eigenvalue weighted by Gasteiger charge is -2.15. The van der Waals surface area contributed by atoms with E-state index < -0.39 is 11.3 Å². The van der Waals surface area contributed by atoms with Gasteiger partial charge in [-0.05, 0) is 6.42 Å². The highest BCUT2D eigenvalue weighted by molar-refractivity contribution is 4.50. The van der Waals surface area contributed by atoms with Crippen molar-refractivity contribution in [2.75, 3.05) is 13.2 Å². The highest BCUT2D eigenvalue weighted by atomic mass is 16.7. The van der Waals surface area contributed by atoms with Crippen LogP contribution in [0.5, 0.6) is 0 Å². The minimum atomic E-state index is -0.973. The van der Waals surface area contributed by atoms with E-state index in [1.165, 1.54) is 0 Å². The molecule has 1 heterocycles. The molecule has 9 heavy (non-hydrogen) atoms. The number of nitrogens with zero attached hydrogens (tertiary/aromatic N) is 1. The molecule has 1 rings (SSSR count). The zero-order chi connectivity index (χ0) is 6.69. The van der Waals surface area contributed by atoms with Gasteiger partial charge in [0.05, 0.1) is 11.5 Å². The normalized spacial score (nSPS) is 27.8. The maximum atomic E-state index is 9.97. The number of hydrogen-bond acceptors (Lipinski definition) is 4. The van der Waals surface area contributed by atoms with Crippen LogP contribution in [0.25, 0.3) is 0 Å². The molecule has 1 unspecified atom stereocenters. The summed E-state index contributed by atoms with van der Waals surface area (Å²) in [7, 11) is 0. The molecule has 0 aromatic carbocycles. The number of ether oxygens (including phenoxy) is 1. The Morgan fingerprint density at radius 1 is 1.78 bits per heavy atom. The quantitative estimate of drug-likeness (QED) is 0.388. The molecule has 5 heteroatoms. The van der Waals surface area contributed by atoms with Gasteiger partial charge in [0.25, 0.3) is 0 Å². The lowest BCUT2D eigenvalue weighted by atomic mass is 10.4. The SMILES string of the molecule is O=[N+]([O-])C1NCCCO1. The molecule has 1 aliphatic heterocycles. The fourth-order valence-corrected chi connectivity index (χ4v) is 0.687. The summed E-state index contributed by atoms with van der Waals surface area (Å²) in [4.78, 5) is 9.50. The second-order valence-electron chi connectivity index (χ2n) is 1.82. The molecule has 0 spiro atoms. The minimum Gasteiger partial charge on any atom is -0.304 e. The topological polar surface area (TPSA) is 64.4 Å². The average molecular weight is 132 g/mol. The molecule has 0 radical (unpaired) electrons. The van der Waals surface area contributed by atoms with Crippen LogP contribution in [0.3, 0.4) is 0 Å². The zero-order valence-electron chi connectivity index (χ0n) is 4.87. The average Bonchev–Trinajstić information content (AvgIpc) is 1.90. The van der Waals surface area contributed by atoms with Crippen LogP contribution >= 0.6 is 0 Å². The Balaban J connectivity index is 2.31. The molecule has 1 fully saturated rings. The van der Waals surface area contributed by atoms with Crippen LogP contribution in [0.2, 0.25) is 0 Å². The van der Waals surface area contributed by atoms with E-state index in [0.29, 0.717) is 13.2 Å². The second kappa shape index (κ2) is 2.75. The van der Waals surface area contributed by atoms with Gasteiger partial charge in [0.15, 0.2) is 0 Å². The Kier molecular flexibility index (Phi) is 1.96. The zero-order valence-corrected chi connectivity index (χ0v) is 4.87. The van der Waals surface area contributed by atoms with E-state index in [0.717, 1.165) is 6.42 Å². The molecule has 0 aromatic rings. The van der Waals surface area contributed by atoms with Gasteiger partial charge in [-0.15, -0.1) is 0 Å². The molecule has 5 nitrogen and oxygen atoms in total. The van der Waals surface area contributed by atoms with Crippen LogP contribution < -0.4 is 5.32 Å². The number of hydrogen-bond donors (Lipinski definition) is 1. The predicted molar refractivity (Wildman–Crippen MR) is 29.4 cm³/mol. The molecule has 0 saturated carbocycles. The van der Waals surface area contributed by atoms with E-state index >= 15 is 0 Å². The molecule has 0 aromatic heterocycles. The minimum absolute atomic E-state index is 0.473. The van der Waals surface area contributed by atoms with Crippen LogP contribution in [0.15, 0.2) is 0 Å². The number of nitrogens with one attached hydrogen (secondary N) is 1. The first kappa shape index (κ1) is 6.44. The van der Waals surface area contributed by atoms with Crippen LogP contribution in [0.1, 0.15) is 6.42 Å². The van der Waals surface area contributed by atoms with E-state index in [-0.39, 0.29) is 0 Å². The Labute approximate surface area is 52.1 Å². The smallest absolute Gasteiger partial charge is 0.304 e. The fourth-order valence-electron chi connectivity index (χ4n) is 0.687. The van der Waals surface area contributed by atoms with E-state index in [1.807, 2.05) is 0 Å². The van der Waals surface area contributed by atoms with Gasteiger partial charge in [0.1, 0.15) is 0 Å². The van der Waals surface area contributed by atoms with E-state index in [4.69, 9.17) is 4.74 Å². The third kappa shape index (κ3) is 1.62. The van der Waals surface area contributed by atoms with E-state index in [9.17, 15) is 10.1 Å². The van der Waals surface area contributed by atoms with Crippen LogP contribution in [-0.2, 0) is 4.74 Å².